The minimum Gasteiger partial charge on any atom is -0.0785 e. The summed E-state index contributed by atoms with van der Waals surface area (Å²) in [5.74, 6) is 1.08. The van der Waals surface area contributed by atoms with Crippen molar-refractivity contribution in [1.82, 2.24) is 0 Å². The second-order valence-corrected chi connectivity index (χ2v) is 7.76. The van der Waals surface area contributed by atoms with E-state index in [4.69, 9.17) is 0 Å². The van der Waals surface area contributed by atoms with Crippen LogP contribution in [0.3, 0.4) is 0 Å². The van der Waals surface area contributed by atoms with Crippen molar-refractivity contribution in [2.24, 2.45) is 16.7 Å². The number of halogens is 1. The van der Waals surface area contributed by atoms with E-state index in [1.807, 2.05) is 0 Å². The quantitative estimate of drug-likeness (QED) is 0.463. The van der Waals surface area contributed by atoms with Crippen LogP contribution >= 0.6 is 22.6 Å². The van der Waals surface area contributed by atoms with E-state index >= 15 is 0 Å². The third-order valence-corrected chi connectivity index (χ3v) is 6.59. The van der Waals surface area contributed by atoms with Gasteiger partial charge in [-0.15, -0.1) is 0 Å². The summed E-state index contributed by atoms with van der Waals surface area (Å²) in [6.45, 7) is 5.06. The first-order chi connectivity index (χ1) is 4.98. The van der Waals surface area contributed by atoms with E-state index in [1.165, 1.54) is 25.7 Å². The Morgan fingerprint density at radius 1 is 1.09 bits per heavy atom. The molecule has 1 heteroatoms. The normalized spacial score (nSPS) is 71.7. The first kappa shape index (κ1) is 7.16. The van der Waals surface area contributed by atoms with Gasteiger partial charge in [-0.05, 0) is 42.4 Å². The summed E-state index contributed by atoms with van der Waals surface area (Å²) in [6, 6.07) is 0. The zero-order chi connectivity index (χ0) is 7.91. The van der Waals surface area contributed by atoms with Gasteiger partial charge in [0.2, 0.25) is 0 Å². The topological polar surface area (TPSA) is 0 Å². The van der Waals surface area contributed by atoms with Crippen molar-refractivity contribution in [1.29, 1.82) is 0 Å². The minimum atomic E-state index is 0.735. The van der Waals surface area contributed by atoms with E-state index in [-0.39, 0.29) is 0 Å². The predicted octanol–water partition coefficient (Wildman–Crippen LogP) is 3.39. The minimum absolute atomic E-state index is 0.735. The van der Waals surface area contributed by atoms with Gasteiger partial charge in [0.25, 0.3) is 0 Å². The maximum atomic E-state index is 2.76. The molecule has 0 aromatic heterocycles. The molecule has 4 saturated carbocycles. The zero-order valence-electron chi connectivity index (χ0n) is 7.28. The number of rotatable bonds is 0. The zero-order valence-corrected chi connectivity index (χ0v) is 9.44. The van der Waals surface area contributed by atoms with Gasteiger partial charge in [-0.3, -0.25) is 0 Å². The Morgan fingerprint density at radius 3 is 1.64 bits per heavy atom. The molecule has 0 saturated heterocycles. The molecule has 0 radical (unpaired) electrons. The standard InChI is InChI=1S/C10H15I/c1-8-3-7-4-9(8,2)6-10(7,11)5-8/h7H,3-6H2,1-2H3/t7?,8-,9+,10?. The molecular weight excluding hydrogens is 247 g/mol. The summed E-state index contributed by atoms with van der Waals surface area (Å²) in [6.07, 6.45) is 6.10. The molecule has 0 spiro atoms. The Hall–Kier alpha value is 0.730. The van der Waals surface area contributed by atoms with E-state index in [0.29, 0.717) is 0 Å². The van der Waals surface area contributed by atoms with Crippen molar-refractivity contribution in [3.63, 3.8) is 0 Å². The maximum Gasteiger partial charge on any atom is 0.0261 e. The van der Waals surface area contributed by atoms with Crippen LogP contribution in [0.25, 0.3) is 0 Å². The number of alkyl halides is 1. The molecule has 0 aromatic rings. The third kappa shape index (κ3) is 0.574. The summed E-state index contributed by atoms with van der Waals surface area (Å²) < 4.78 is 0.737. The average Bonchev–Trinajstić information content (AvgIpc) is 2.24. The molecule has 4 atom stereocenters. The molecule has 0 amide bonds. The van der Waals surface area contributed by atoms with Crippen LogP contribution in [0, 0.1) is 16.7 Å². The molecule has 0 aliphatic heterocycles. The van der Waals surface area contributed by atoms with Gasteiger partial charge in [-0.25, -0.2) is 0 Å². The molecule has 2 unspecified atom stereocenters. The highest BCUT2D eigenvalue weighted by atomic mass is 127. The van der Waals surface area contributed by atoms with Crippen LogP contribution in [0.2, 0.25) is 0 Å². The summed E-state index contributed by atoms with van der Waals surface area (Å²) >= 11 is 2.76. The van der Waals surface area contributed by atoms with Crippen molar-refractivity contribution in [2.45, 2.75) is 43.0 Å². The van der Waals surface area contributed by atoms with Gasteiger partial charge in [0.1, 0.15) is 0 Å². The Balaban J connectivity index is 2.19. The van der Waals surface area contributed by atoms with Crippen molar-refractivity contribution in [2.75, 3.05) is 0 Å². The van der Waals surface area contributed by atoms with Crippen LogP contribution in [-0.4, -0.2) is 3.42 Å². The fourth-order valence-corrected chi connectivity index (χ4v) is 6.36. The van der Waals surface area contributed by atoms with E-state index in [9.17, 15) is 0 Å². The first-order valence-corrected chi connectivity index (χ1v) is 5.74. The first-order valence-electron chi connectivity index (χ1n) is 4.67. The van der Waals surface area contributed by atoms with Crippen molar-refractivity contribution >= 4 is 22.6 Å². The predicted molar refractivity (Wildman–Crippen MR) is 54.9 cm³/mol. The molecule has 4 fully saturated rings. The molecular formula is C10H15I. The van der Waals surface area contributed by atoms with E-state index in [1.54, 1.807) is 0 Å². The second kappa shape index (κ2) is 1.53. The highest BCUT2D eigenvalue weighted by molar-refractivity contribution is 14.1. The molecule has 62 valence electrons. The molecule has 4 rings (SSSR count). The lowest BCUT2D eigenvalue weighted by molar-refractivity contribution is 0.157. The Kier molecular flexibility index (Phi) is 0.999. The lowest BCUT2D eigenvalue weighted by Gasteiger charge is -2.33. The van der Waals surface area contributed by atoms with Crippen molar-refractivity contribution in [3.05, 3.63) is 0 Å². The van der Waals surface area contributed by atoms with Gasteiger partial charge in [-0.1, -0.05) is 36.4 Å². The summed E-state index contributed by atoms with van der Waals surface area (Å²) in [4.78, 5) is 0. The fourth-order valence-electron chi connectivity index (χ4n) is 4.24. The summed E-state index contributed by atoms with van der Waals surface area (Å²) in [7, 11) is 0. The molecule has 0 nitrogen and oxygen atoms in total. The lowest BCUT2D eigenvalue weighted by atomic mass is 9.71. The Bertz CT molecular complexity index is 215. The fraction of sp³-hybridized carbons (Fsp3) is 1.00. The van der Waals surface area contributed by atoms with Crippen LogP contribution in [0.15, 0.2) is 0 Å². The number of hydrogen-bond donors (Lipinski definition) is 0. The van der Waals surface area contributed by atoms with Gasteiger partial charge in [-0.2, -0.15) is 0 Å². The van der Waals surface area contributed by atoms with Crippen LogP contribution < -0.4 is 0 Å². The molecule has 0 aromatic carbocycles. The molecule has 4 aliphatic carbocycles. The molecule has 0 N–H and O–H groups in total. The largest absolute Gasteiger partial charge is 0.0785 e. The highest BCUT2D eigenvalue weighted by Crippen LogP contribution is 2.80. The third-order valence-electron chi connectivity index (χ3n) is 4.95. The van der Waals surface area contributed by atoms with Crippen LogP contribution in [0.5, 0.6) is 0 Å². The van der Waals surface area contributed by atoms with E-state index in [0.717, 1.165) is 20.2 Å². The number of hydrogen-bond acceptors (Lipinski definition) is 0. The van der Waals surface area contributed by atoms with Gasteiger partial charge >= 0.3 is 0 Å². The lowest BCUT2D eigenvalue weighted by Crippen LogP contribution is -2.25. The van der Waals surface area contributed by atoms with Crippen molar-refractivity contribution in [3.8, 4) is 0 Å². The van der Waals surface area contributed by atoms with Gasteiger partial charge in [0.15, 0.2) is 0 Å². The van der Waals surface area contributed by atoms with Crippen LogP contribution in [0.1, 0.15) is 39.5 Å². The highest BCUT2D eigenvalue weighted by Gasteiger charge is 2.72. The Labute approximate surface area is 82.3 Å². The summed E-state index contributed by atoms with van der Waals surface area (Å²) in [5.41, 5.74) is 1.47. The second-order valence-electron chi connectivity index (χ2n) is 5.61. The van der Waals surface area contributed by atoms with E-state index < -0.39 is 0 Å². The molecule has 0 heterocycles. The maximum absolute atomic E-state index is 2.76. The van der Waals surface area contributed by atoms with Gasteiger partial charge in [0, 0.05) is 3.42 Å². The van der Waals surface area contributed by atoms with Gasteiger partial charge < -0.3 is 0 Å². The van der Waals surface area contributed by atoms with Gasteiger partial charge in [0.05, 0.1) is 0 Å². The smallest absolute Gasteiger partial charge is 0.0261 e. The average molecular weight is 262 g/mol. The van der Waals surface area contributed by atoms with E-state index in [2.05, 4.69) is 36.4 Å². The van der Waals surface area contributed by atoms with Crippen LogP contribution in [-0.2, 0) is 0 Å². The van der Waals surface area contributed by atoms with Crippen molar-refractivity contribution < 1.29 is 0 Å². The summed E-state index contributed by atoms with van der Waals surface area (Å²) in [5, 5.41) is 0. The molecule has 4 bridgehead atoms. The Morgan fingerprint density at radius 2 is 1.55 bits per heavy atom. The SMILES string of the molecule is C[C@@]12CC3C[C@]1(C)CC3(I)C2. The monoisotopic (exact) mass is 262 g/mol. The van der Waals surface area contributed by atoms with Crippen LogP contribution in [0.4, 0.5) is 0 Å². The molecule has 11 heavy (non-hydrogen) atoms. The molecule has 4 aliphatic rings.